The van der Waals surface area contributed by atoms with Crippen LogP contribution in [0.1, 0.15) is 54.4 Å². The second-order valence-electron chi connectivity index (χ2n) is 6.54. The Bertz CT molecular complexity index is 357. The van der Waals surface area contributed by atoms with Crippen LogP contribution in [0.25, 0.3) is 0 Å². The molecule has 1 rings (SSSR count). The number of hydrogen-bond acceptors (Lipinski definition) is 4. The maximum atomic E-state index is 12.1. The first-order chi connectivity index (χ1) is 8.04. The first-order valence-corrected chi connectivity index (χ1v) is 6.43. The molecule has 0 aromatic rings. The molecule has 1 aliphatic heterocycles. The Balaban J connectivity index is 2.82. The molecule has 4 nitrogen and oxygen atoms in total. The van der Waals surface area contributed by atoms with E-state index in [1.54, 1.807) is 0 Å². The summed E-state index contributed by atoms with van der Waals surface area (Å²) in [7, 11) is 0. The van der Waals surface area contributed by atoms with Crippen LogP contribution in [-0.4, -0.2) is 24.1 Å². The average Bonchev–Trinajstić information content (AvgIpc) is 2.59. The molecule has 0 aromatic carbocycles. The fourth-order valence-electron chi connectivity index (χ4n) is 1.68. The predicted octanol–water partition coefficient (Wildman–Crippen LogP) is 2.70. The number of esters is 2. The van der Waals surface area contributed by atoms with E-state index in [9.17, 15) is 9.59 Å². The topological polar surface area (TPSA) is 52.6 Å². The molecule has 18 heavy (non-hydrogen) atoms. The van der Waals surface area contributed by atoms with Gasteiger partial charge < -0.3 is 9.47 Å². The fourth-order valence-corrected chi connectivity index (χ4v) is 1.68. The third kappa shape index (κ3) is 2.68. The zero-order valence-corrected chi connectivity index (χ0v) is 12.3. The second-order valence-corrected chi connectivity index (χ2v) is 6.54. The Labute approximate surface area is 109 Å². The van der Waals surface area contributed by atoms with Gasteiger partial charge in [-0.25, -0.2) is 0 Å². The van der Waals surface area contributed by atoms with Gasteiger partial charge in [0, 0.05) is 0 Å². The van der Waals surface area contributed by atoms with Crippen molar-refractivity contribution in [2.24, 2.45) is 10.8 Å². The minimum absolute atomic E-state index is 0.226. The molecule has 0 aromatic heterocycles. The highest BCUT2D eigenvalue weighted by molar-refractivity contribution is 5.77. The van der Waals surface area contributed by atoms with Crippen molar-refractivity contribution < 1.29 is 19.1 Å². The highest BCUT2D eigenvalue weighted by Gasteiger charge is 2.51. The summed E-state index contributed by atoms with van der Waals surface area (Å²) in [4.78, 5) is 23.4. The first kappa shape index (κ1) is 15.0. The van der Waals surface area contributed by atoms with E-state index in [0.29, 0.717) is 19.4 Å². The minimum atomic E-state index is -0.720. The van der Waals surface area contributed by atoms with Gasteiger partial charge in [-0.2, -0.15) is 0 Å². The third-order valence-corrected chi connectivity index (χ3v) is 4.32. The molecule has 1 heterocycles. The summed E-state index contributed by atoms with van der Waals surface area (Å²) in [5, 5.41) is 0. The SMILES string of the molecule is CCC(C)(C)C(=O)OC(C)(C)C1(C)COC(=O)C1. The van der Waals surface area contributed by atoms with E-state index < -0.39 is 16.4 Å². The molecule has 0 spiro atoms. The normalized spacial score (nSPS) is 24.9. The zero-order valence-electron chi connectivity index (χ0n) is 12.3. The quantitative estimate of drug-likeness (QED) is 0.726. The van der Waals surface area contributed by atoms with Crippen molar-refractivity contribution in [2.45, 2.75) is 60.0 Å². The number of carbonyl (C=O) groups is 2. The van der Waals surface area contributed by atoms with Crippen LogP contribution in [0, 0.1) is 10.8 Å². The molecular formula is C14H24O4. The standard InChI is InChI=1S/C14H24O4/c1-7-12(2,3)11(16)18-13(4,5)14(6)8-10(15)17-9-14/h7-9H2,1-6H3. The average molecular weight is 256 g/mol. The largest absolute Gasteiger partial charge is 0.465 e. The molecular weight excluding hydrogens is 232 g/mol. The molecule has 0 bridgehead atoms. The van der Waals surface area contributed by atoms with Gasteiger partial charge in [0.1, 0.15) is 12.2 Å². The number of carbonyl (C=O) groups excluding carboxylic acids is 2. The Kier molecular flexibility index (Phi) is 3.80. The summed E-state index contributed by atoms with van der Waals surface area (Å²) < 4.78 is 10.7. The molecule has 0 aliphatic carbocycles. The van der Waals surface area contributed by atoms with E-state index in [1.807, 2.05) is 41.5 Å². The van der Waals surface area contributed by atoms with E-state index in [2.05, 4.69) is 0 Å². The molecule has 4 heteroatoms. The van der Waals surface area contributed by atoms with Gasteiger partial charge in [0.2, 0.25) is 0 Å². The molecule has 1 saturated heterocycles. The monoisotopic (exact) mass is 256 g/mol. The van der Waals surface area contributed by atoms with Crippen molar-refractivity contribution in [1.29, 1.82) is 0 Å². The molecule has 0 radical (unpaired) electrons. The molecule has 1 unspecified atom stereocenters. The third-order valence-electron chi connectivity index (χ3n) is 4.32. The van der Waals surface area contributed by atoms with Crippen LogP contribution < -0.4 is 0 Å². The van der Waals surface area contributed by atoms with Crippen molar-refractivity contribution in [3.8, 4) is 0 Å². The van der Waals surface area contributed by atoms with Crippen LogP contribution in [0.2, 0.25) is 0 Å². The van der Waals surface area contributed by atoms with Gasteiger partial charge in [0.25, 0.3) is 0 Å². The van der Waals surface area contributed by atoms with Gasteiger partial charge in [-0.3, -0.25) is 9.59 Å². The molecule has 0 N–H and O–H groups in total. The smallest absolute Gasteiger partial charge is 0.312 e. The Hall–Kier alpha value is -1.06. The minimum Gasteiger partial charge on any atom is -0.465 e. The number of hydrogen-bond donors (Lipinski definition) is 0. The van der Waals surface area contributed by atoms with E-state index in [0.717, 1.165) is 0 Å². The lowest BCUT2D eigenvalue weighted by atomic mass is 9.74. The first-order valence-electron chi connectivity index (χ1n) is 6.43. The van der Waals surface area contributed by atoms with Crippen molar-refractivity contribution in [1.82, 2.24) is 0 Å². The van der Waals surface area contributed by atoms with Gasteiger partial charge >= 0.3 is 11.9 Å². The molecule has 0 amide bonds. The van der Waals surface area contributed by atoms with Crippen molar-refractivity contribution in [2.75, 3.05) is 6.61 Å². The van der Waals surface area contributed by atoms with Crippen LogP contribution >= 0.6 is 0 Å². The van der Waals surface area contributed by atoms with Crippen molar-refractivity contribution >= 4 is 11.9 Å². The van der Waals surface area contributed by atoms with Crippen molar-refractivity contribution in [3.63, 3.8) is 0 Å². The van der Waals surface area contributed by atoms with Crippen molar-refractivity contribution in [3.05, 3.63) is 0 Å². The Morgan fingerprint density at radius 1 is 1.39 bits per heavy atom. The van der Waals surface area contributed by atoms with Gasteiger partial charge in [-0.1, -0.05) is 13.8 Å². The lowest BCUT2D eigenvalue weighted by Gasteiger charge is -2.40. The summed E-state index contributed by atoms with van der Waals surface area (Å²) in [6.45, 7) is 11.6. The summed E-state index contributed by atoms with van der Waals surface area (Å²) >= 11 is 0. The van der Waals surface area contributed by atoms with E-state index in [4.69, 9.17) is 9.47 Å². The van der Waals surface area contributed by atoms with Gasteiger partial charge in [-0.15, -0.1) is 0 Å². The highest BCUT2D eigenvalue weighted by atomic mass is 16.6. The number of cyclic esters (lactones) is 1. The summed E-state index contributed by atoms with van der Waals surface area (Å²) in [5.41, 5.74) is -1.68. The predicted molar refractivity (Wildman–Crippen MR) is 67.9 cm³/mol. The summed E-state index contributed by atoms with van der Waals surface area (Å²) in [6.07, 6.45) is 1.01. The van der Waals surface area contributed by atoms with Crippen LogP contribution in [0.4, 0.5) is 0 Å². The molecule has 1 fully saturated rings. The summed E-state index contributed by atoms with van der Waals surface area (Å²) in [6, 6.07) is 0. The molecule has 0 saturated carbocycles. The van der Waals surface area contributed by atoms with E-state index >= 15 is 0 Å². The molecule has 1 atom stereocenters. The molecule has 104 valence electrons. The number of rotatable bonds is 4. The second kappa shape index (κ2) is 4.56. The number of ether oxygens (including phenoxy) is 2. The van der Waals surface area contributed by atoms with Crippen LogP contribution in [0.3, 0.4) is 0 Å². The fraction of sp³-hybridized carbons (Fsp3) is 0.857. The van der Waals surface area contributed by atoms with Crippen LogP contribution in [0.15, 0.2) is 0 Å². The Morgan fingerprint density at radius 3 is 2.33 bits per heavy atom. The van der Waals surface area contributed by atoms with Gasteiger partial charge in [0.15, 0.2) is 0 Å². The van der Waals surface area contributed by atoms with Gasteiger partial charge in [0.05, 0.1) is 17.3 Å². The highest BCUT2D eigenvalue weighted by Crippen LogP contribution is 2.43. The zero-order chi connectivity index (χ0) is 14.2. The Morgan fingerprint density at radius 2 is 1.94 bits per heavy atom. The van der Waals surface area contributed by atoms with E-state index in [-0.39, 0.29) is 11.9 Å². The van der Waals surface area contributed by atoms with Crippen LogP contribution in [0.5, 0.6) is 0 Å². The summed E-state index contributed by atoms with van der Waals surface area (Å²) in [5.74, 6) is -0.452. The van der Waals surface area contributed by atoms with Crippen LogP contribution in [-0.2, 0) is 19.1 Å². The lowest BCUT2D eigenvalue weighted by Crippen LogP contribution is -2.47. The molecule has 1 aliphatic rings. The maximum Gasteiger partial charge on any atom is 0.312 e. The van der Waals surface area contributed by atoms with Gasteiger partial charge in [-0.05, 0) is 34.1 Å². The lowest BCUT2D eigenvalue weighted by molar-refractivity contribution is -0.180. The maximum absolute atomic E-state index is 12.1. The van der Waals surface area contributed by atoms with E-state index in [1.165, 1.54) is 0 Å².